The Labute approximate surface area is 224 Å². The molecule has 7 nitrogen and oxygen atoms in total. The number of carbonyl (C=O) groups excluding carboxylic acids is 2. The number of hydrogen-bond donors (Lipinski definition) is 1. The number of para-hydroxylation sites is 1. The number of hydrogen-bond acceptors (Lipinski definition) is 4. The lowest BCUT2D eigenvalue weighted by Gasteiger charge is -2.33. The van der Waals surface area contributed by atoms with Crippen molar-refractivity contribution < 1.29 is 22.4 Å². The van der Waals surface area contributed by atoms with Gasteiger partial charge in [-0.15, -0.1) is 0 Å². The van der Waals surface area contributed by atoms with Gasteiger partial charge < -0.3 is 10.2 Å². The molecule has 0 aliphatic rings. The van der Waals surface area contributed by atoms with Crippen LogP contribution >= 0.6 is 0 Å². The fourth-order valence-corrected chi connectivity index (χ4v) is 5.39. The summed E-state index contributed by atoms with van der Waals surface area (Å²) in [5.41, 5.74) is 1.09. The van der Waals surface area contributed by atoms with Crippen molar-refractivity contribution in [1.82, 2.24) is 10.2 Å². The van der Waals surface area contributed by atoms with Crippen LogP contribution in [0.15, 0.2) is 89.8 Å². The minimum absolute atomic E-state index is 0.131. The molecule has 0 bridgehead atoms. The lowest BCUT2D eigenvalue weighted by molar-refractivity contribution is -0.140. The largest absolute Gasteiger partial charge is 0.354 e. The Morgan fingerprint density at radius 2 is 1.47 bits per heavy atom. The number of nitrogens with zero attached hydrogens (tertiary/aromatic N) is 2. The van der Waals surface area contributed by atoms with Gasteiger partial charge in [-0.3, -0.25) is 13.9 Å². The molecule has 202 valence electrons. The second-order valence-electron chi connectivity index (χ2n) is 9.37. The number of sulfonamides is 1. The van der Waals surface area contributed by atoms with Gasteiger partial charge in [-0.25, -0.2) is 12.8 Å². The molecule has 38 heavy (non-hydrogen) atoms. The van der Waals surface area contributed by atoms with Crippen LogP contribution in [0.1, 0.15) is 32.8 Å². The lowest BCUT2D eigenvalue weighted by Crippen LogP contribution is -2.52. The topological polar surface area (TPSA) is 86.8 Å². The highest BCUT2D eigenvalue weighted by Crippen LogP contribution is 2.25. The molecular formula is C29H34FN3O4S. The zero-order chi connectivity index (χ0) is 27.7. The molecule has 0 aliphatic heterocycles. The summed E-state index contributed by atoms with van der Waals surface area (Å²) in [4.78, 5) is 28.3. The molecule has 3 aromatic carbocycles. The minimum Gasteiger partial charge on any atom is -0.354 e. The Bertz CT molecular complexity index is 1300. The van der Waals surface area contributed by atoms with Gasteiger partial charge in [-0.2, -0.15) is 0 Å². The maximum atomic E-state index is 13.9. The third-order valence-electron chi connectivity index (χ3n) is 5.99. The van der Waals surface area contributed by atoms with Gasteiger partial charge in [-0.05, 0) is 54.3 Å². The van der Waals surface area contributed by atoms with Gasteiger partial charge in [0.05, 0.1) is 10.6 Å². The van der Waals surface area contributed by atoms with Crippen molar-refractivity contribution in [2.24, 2.45) is 5.92 Å². The van der Waals surface area contributed by atoms with Crippen molar-refractivity contribution in [3.05, 3.63) is 96.3 Å². The van der Waals surface area contributed by atoms with E-state index in [9.17, 15) is 22.4 Å². The van der Waals surface area contributed by atoms with E-state index in [-0.39, 0.29) is 29.0 Å². The predicted octanol–water partition coefficient (Wildman–Crippen LogP) is 4.60. The number of anilines is 1. The molecule has 1 N–H and O–H groups in total. The van der Waals surface area contributed by atoms with Gasteiger partial charge in [-0.1, -0.05) is 69.3 Å². The Balaban J connectivity index is 2.00. The monoisotopic (exact) mass is 539 g/mol. The summed E-state index contributed by atoms with van der Waals surface area (Å²) in [6.45, 7) is 5.82. The van der Waals surface area contributed by atoms with E-state index in [0.717, 1.165) is 22.0 Å². The molecule has 0 heterocycles. The third-order valence-corrected chi connectivity index (χ3v) is 7.78. The summed E-state index contributed by atoms with van der Waals surface area (Å²) in [5, 5.41) is 2.90. The van der Waals surface area contributed by atoms with Crippen molar-refractivity contribution in [3.63, 3.8) is 0 Å². The highest BCUT2D eigenvalue weighted by atomic mass is 32.2. The molecule has 0 saturated carbocycles. The van der Waals surface area contributed by atoms with E-state index in [1.165, 1.54) is 17.0 Å². The average molecular weight is 540 g/mol. The van der Waals surface area contributed by atoms with Crippen molar-refractivity contribution in [2.75, 3.05) is 17.4 Å². The van der Waals surface area contributed by atoms with Crippen LogP contribution < -0.4 is 9.62 Å². The average Bonchev–Trinajstić information content (AvgIpc) is 2.91. The van der Waals surface area contributed by atoms with Crippen LogP contribution in [0, 0.1) is 11.7 Å². The van der Waals surface area contributed by atoms with E-state index >= 15 is 0 Å². The van der Waals surface area contributed by atoms with Crippen LogP contribution in [0.3, 0.4) is 0 Å². The number of nitrogens with one attached hydrogen (secondary N) is 1. The Morgan fingerprint density at radius 1 is 0.895 bits per heavy atom. The van der Waals surface area contributed by atoms with Gasteiger partial charge >= 0.3 is 0 Å². The number of benzene rings is 3. The van der Waals surface area contributed by atoms with Crippen LogP contribution in [0.5, 0.6) is 0 Å². The van der Waals surface area contributed by atoms with Gasteiger partial charge in [0.15, 0.2) is 0 Å². The van der Waals surface area contributed by atoms with Crippen LogP contribution in [-0.2, 0) is 26.2 Å². The summed E-state index contributed by atoms with van der Waals surface area (Å²) in [7, 11) is -4.23. The second-order valence-corrected chi connectivity index (χ2v) is 11.2. The summed E-state index contributed by atoms with van der Waals surface area (Å²) in [6, 6.07) is 21.1. The third kappa shape index (κ3) is 7.41. The predicted molar refractivity (Wildman–Crippen MR) is 146 cm³/mol. The fourth-order valence-electron chi connectivity index (χ4n) is 3.98. The normalized spacial score (nSPS) is 12.1. The molecule has 0 spiro atoms. The molecule has 0 aromatic heterocycles. The molecule has 0 saturated heterocycles. The number of halogens is 1. The second kappa shape index (κ2) is 13.2. The van der Waals surface area contributed by atoms with Crippen molar-refractivity contribution >= 4 is 27.5 Å². The van der Waals surface area contributed by atoms with E-state index in [2.05, 4.69) is 5.32 Å². The van der Waals surface area contributed by atoms with Gasteiger partial charge in [0, 0.05) is 13.1 Å². The molecule has 0 aliphatic carbocycles. The molecule has 9 heteroatoms. The molecule has 0 fully saturated rings. The van der Waals surface area contributed by atoms with Crippen LogP contribution in [0.25, 0.3) is 0 Å². The van der Waals surface area contributed by atoms with Crippen LogP contribution in [-0.4, -0.2) is 44.3 Å². The first-order chi connectivity index (χ1) is 18.1. The van der Waals surface area contributed by atoms with Crippen molar-refractivity contribution in [1.29, 1.82) is 0 Å². The molecule has 1 unspecified atom stereocenters. The van der Waals surface area contributed by atoms with E-state index < -0.39 is 34.3 Å². The highest BCUT2D eigenvalue weighted by Gasteiger charge is 2.33. The number of amides is 2. The smallest absolute Gasteiger partial charge is 0.264 e. The fraction of sp³-hybridized carbons (Fsp3) is 0.310. The molecule has 3 aromatic rings. The lowest BCUT2D eigenvalue weighted by atomic mass is 10.1. The maximum Gasteiger partial charge on any atom is 0.264 e. The van der Waals surface area contributed by atoms with Crippen molar-refractivity contribution in [2.45, 2.75) is 44.7 Å². The first kappa shape index (κ1) is 28.8. The molecular weight excluding hydrogens is 505 g/mol. The quantitative estimate of drug-likeness (QED) is 0.365. The highest BCUT2D eigenvalue weighted by molar-refractivity contribution is 7.92. The standard InChI is InChI=1S/C29H34FN3O4S/c1-4-27(29(35)31-19-22(2)3)32(20-23-11-7-5-8-12-23)28(34)21-33(25-13-9-6-10-14-25)38(36,37)26-17-15-24(30)16-18-26/h5-18,22,27H,4,19-21H2,1-3H3,(H,31,35). The van der Waals surface area contributed by atoms with Gasteiger partial charge in [0.2, 0.25) is 11.8 Å². The van der Waals surface area contributed by atoms with E-state index in [1.807, 2.05) is 51.1 Å². The molecule has 1 atom stereocenters. The molecule has 0 radical (unpaired) electrons. The van der Waals surface area contributed by atoms with E-state index in [0.29, 0.717) is 13.0 Å². The van der Waals surface area contributed by atoms with Crippen molar-refractivity contribution in [3.8, 4) is 0 Å². The van der Waals surface area contributed by atoms with Gasteiger partial charge in [0.1, 0.15) is 18.4 Å². The Morgan fingerprint density at radius 3 is 2.03 bits per heavy atom. The van der Waals surface area contributed by atoms with E-state index in [1.54, 1.807) is 30.3 Å². The zero-order valence-electron chi connectivity index (χ0n) is 21.9. The first-order valence-electron chi connectivity index (χ1n) is 12.6. The van der Waals surface area contributed by atoms with E-state index in [4.69, 9.17) is 0 Å². The summed E-state index contributed by atoms with van der Waals surface area (Å²) in [6.07, 6.45) is 0.346. The summed E-state index contributed by atoms with van der Waals surface area (Å²) >= 11 is 0. The van der Waals surface area contributed by atoms with Gasteiger partial charge in [0.25, 0.3) is 10.0 Å². The summed E-state index contributed by atoms with van der Waals surface area (Å²) in [5.74, 6) is -1.17. The molecule has 2 amide bonds. The first-order valence-corrected chi connectivity index (χ1v) is 14.0. The number of rotatable bonds is 12. The van der Waals surface area contributed by atoms with Crippen LogP contribution in [0.2, 0.25) is 0 Å². The molecule has 3 rings (SSSR count). The number of carbonyl (C=O) groups is 2. The Hall–Kier alpha value is -3.72. The summed E-state index contributed by atoms with van der Waals surface area (Å²) < 4.78 is 41.9. The van der Waals surface area contributed by atoms with Crippen LogP contribution in [0.4, 0.5) is 10.1 Å². The SMILES string of the molecule is CCC(C(=O)NCC(C)C)N(Cc1ccccc1)C(=O)CN(c1ccccc1)S(=O)(=O)c1ccc(F)cc1. The zero-order valence-corrected chi connectivity index (χ0v) is 22.7. The maximum absolute atomic E-state index is 13.9. The Kier molecular flexibility index (Phi) is 10.0. The minimum atomic E-state index is -4.23.